The minimum Gasteiger partial charge on any atom is -0.497 e. The molecule has 1 unspecified atom stereocenters. The number of hydrogen-bond donors (Lipinski definition) is 0. The second kappa shape index (κ2) is 8.51. The first-order valence-electron chi connectivity index (χ1n) is 9.24. The predicted molar refractivity (Wildman–Crippen MR) is 106 cm³/mol. The van der Waals surface area contributed by atoms with E-state index in [1.165, 1.54) is 7.11 Å². The SMILES string of the molecule is COc1ccc(C(CCc2ccccc2)(Cc2ccccc2)C(F)(F)F)cc1. The fraction of sp³-hybridized carbons (Fsp3) is 0.250. The minimum atomic E-state index is -4.40. The maximum absolute atomic E-state index is 14.6. The van der Waals surface area contributed by atoms with Crippen molar-refractivity contribution in [1.82, 2.24) is 0 Å². The Morgan fingerprint density at radius 1 is 0.714 bits per heavy atom. The smallest absolute Gasteiger partial charge is 0.398 e. The Morgan fingerprint density at radius 3 is 1.75 bits per heavy atom. The highest BCUT2D eigenvalue weighted by Gasteiger charge is 2.55. The van der Waals surface area contributed by atoms with Gasteiger partial charge < -0.3 is 4.74 Å². The van der Waals surface area contributed by atoms with Gasteiger partial charge in [-0.1, -0.05) is 72.8 Å². The molecule has 0 heterocycles. The van der Waals surface area contributed by atoms with E-state index in [1.807, 2.05) is 36.4 Å². The van der Waals surface area contributed by atoms with Crippen LogP contribution in [-0.2, 0) is 18.3 Å². The second-order valence-corrected chi connectivity index (χ2v) is 6.96. The van der Waals surface area contributed by atoms with E-state index in [1.54, 1.807) is 48.5 Å². The molecule has 1 atom stereocenters. The van der Waals surface area contributed by atoms with Crippen LogP contribution in [0, 0.1) is 0 Å². The molecule has 0 saturated heterocycles. The van der Waals surface area contributed by atoms with Gasteiger partial charge in [0.2, 0.25) is 0 Å². The fourth-order valence-electron chi connectivity index (χ4n) is 3.60. The molecule has 1 nitrogen and oxygen atoms in total. The lowest BCUT2D eigenvalue weighted by molar-refractivity contribution is -0.193. The number of halogens is 3. The number of methoxy groups -OCH3 is 1. The van der Waals surface area contributed by atoms with Crippen molar-refractivity contribution in [1.29, 1.82) is 0 Å². The van der Waals surface area contributed by atoms with Crippen molar-refractivity contribution >= 4 is 0 Å². The van der Waals surface area contributed by atoms with Crippen molar-refractivity contribution in [2.45, 2.75) is 30.9 Å². The standard InChI is InChI=1S/C24H23F3O/c1-28-22-14-12-21(13-15-22)23(24(25,26)27,18-20-10-6-3-7-11-20)17-16-19-8-4-2-5-9-19/h2-15H,16-18H2,1H3. The monoisotopic (exact) mass is 384 g/mol. The summed E-state index contributed by atoms with van der Waals surface area (Å²) in [5.41, 5.74) is -0.141. The molecule has 28 heavy (non-hydrogen) atoms. The Hall–Kier alpha value is -2.75. The van der Waals surface area contributed by atoms with E-state index in [0.29, 0.717) is 17.7 Å². The van der Waals surface area contributed by atoms with Crippen molar-refractivity contribution in [3.63, 3.8) is 0 Å². The highest BCUT2D eigenvalue weighted by atomic mass is 19.4. The van der Waals surface area contributed by atoms with Gasteiger partial charge in [0.15, 0.2) is 0 Å². The molecular weight excluding hydrogens is 361 g/mol. The highest BCUT2D eigenvalue weighted by Crippen LogP contribution is 2.47. The van der Waals surface area contributed by atoms with Crippen molar-refractivity contribution in [3.8, 4) is 5.75 Å². The Balaban J connectivity index is 2.04. The topological polar surface area (TPSA) is 9.23 Å². The average Bonchev–Trinajstić information content (AvgIpc) is 2.72. The number of aryl methyl sites for hydroxylation is 1. The summed E-state index contributed by atoms with van der Waals surface area (Å²) < 4.78 is 48.9. The molecule has 0 N–H and O–H groups in total. The van der Waals surface area contributed by atoms with Gasteiger partial charge in [-0.2, -0.15) is 13.2 Å². The van der Waals surface area contributed by atoms with Crippen LogP contribution >= 0.6 is 0 Å². The molecule has 0 bridgehead atoms. The van der Waals surface area contributed by atoms with Gasteiger partial charge >= 0.3 is 6.18 Å². The van der Waals surface area contributed by atoms with Crippen LogP contribution in [0.3, 0.4) is 0 Å². The van der Waals surface area contributed by atoms with Crippen molar-refractivity contribution < 1.29 is 17.9 Å². The van der Waals surface area contributed by atoms with Gasteiger partial charge in [0, 0.05) is 0 Å². The average molecular weight is 384 g/mol. The van der Waals surface area contributed by atoms with Crippen LogP contribution in [0.4, 0.5) is 13.2 Å². The van der Waals surface area contributed by atoms with Gasteiger partial charge in [0.25, 0.3) is 0 Å². The van der Waals surface area contributed by atoms with Gasteiger partial charge in [-0.05, 0) is 48.1 Å². The molecule has 0 spiro atoms. The fourth-order valence-corrected chi connectivity index (χ4v) is 3.60. The molecule has 3 aromatic carbocycles. The van der Waals surface area contributed by atoms with Crippen LogP contribution in [-0.4, -0.2) is 13.3 Å². The normalized spacial score (nSPS) is 13.7. The summed E-state index contributed by atoms with van der Waals surface area (Å²) in [4.78, 5) is 0. The van der Waals surface area contributed by atoms with E-state index in [0.717, 1.165) is 5.56 Å². The van der Waals surface area contributed by atoms with Gasteiger partial charge in [-0.25, -0.2) is 0 Å². The van der Waals surface area contributed by atoms with Crippen LogP contribution in [0.25, 0.3) is 0 Å². The van der Waals surface area contributed by atoms with Crippen molar-refractivity contribution in [2.24, 2.45) is 0 Å². The molecule has 0 aliphatic rings. The third-order valence-corrected chi connectivity index (χ3v) is 5.22. The third-order valence-electron chi connectivity index (χ3n) is 5.22. The third kappa shape index (κ3) is 4.38. The summed E-state index contributed by atoms with van der Waals surface area (Å²) in [6.07, 6.45) is -4.18. The first-order valence-corrected chi connectivity index (χ1v) is 9.24. The predicted octanol–water partition coefficient (Wildman–Crippen LogP) is 6.37. The summed E-state index contributed by atoms with van der Waals surface area (Å²) in [5, 5.41) is 0. The van der Waals surface area contributed by atoms with E-state index in [2.05, 4.69) is 0 Å². The first kappa shape index (κ1) is 20.0. The summed E-state index contributed by atoms with van der Waals surface area (Å²) in [7, 11) is 1.51. The number of hydrogen-bond acceptors (Lipinski definition) is 1. The van der Waals surface area contributed by atoms with Crippen LogP contribution in [0.5, 0.6) is 5.75 Å². The summed E-state index contributed by atoms with van der Waals surface area (Å²) in [5.74, 6) is 0.544. The highest BCUT2D eigenvalue weighted by molar-refractivity contribution is 5.36. The number of alkyl halides is 3. The largest absolute Gasteiger partial charge is 0.497 e. The van der Waals surface area contributed by atoms with Gasteiger partial charge in [0.05, 0.1) is 12.5 Å². The molecule has 0 fully saturated rings. The lowest BCUT2D eigenvalue weighted by Crippen LogP contribution is -2.45. The maximum Gasteiger partial charge on any atom is 0.398 e. The van der Waals surface area contributed by atoms with E-state index in [9.17, 15) is 13.2 Å². The van der Waals surface area contributed by atoms with Crippen LogP contribution in [0.1, 0.15) is 23.1 Å². The lowest BCUT2D eigenvalue weighted by atomic mass is 9.71. The molecule has 4 heteroatoms. The molecule has 0 aromatic heterocycles. The van der Waals surface area contributed by atoms with Crippen LogP contribution < -0.4 is 4.74 Å². The maximum atomic E-state index is 14.6. The van der Waals surface area contributed by atoms with Crippen molar-refractivity contribution in [3.05, 3.63) is 102 Å². The molecule has 0 amide bonds. The van der Waals surface area contributed by atoms with E-state index < -0.39 is 11.6 Å². The molecule has 0 saturated carbocycles. The number of benzene rings is 3. The quantitative estimate of drug-likeness (QED) is 0.460. The van der Waals surface area contributed by atoms with Gasteiger partial charge in [-0.15, -0.1) is 0 Å². The Morgan fingerprint density at radius 2 is 1.25 bits per heavy atom. The zero-order valence-electron chi connectivity index (χ0n) is 15.7. The molecule has 3 aromatic rings. The first-order chi connectivity index (χ1) is 13.4. The van der Waals surface area contributed by atoms with Crippen LogP contribution in [0.15, 0.2) is 84.9 Å². The molecule has 146 valence electrons. The number of ether oxygens (including phenoxy) is 1. The number of rotatable bonds is 7. The molecule has 0 aliphatic heterocycles. The van der Waals surface area contributed by atoms with Gasteiger partial charge in [0.1, 0.15) is 5.75 Å². The Bertz CT molecular complexity index is 858. The van der Waals surface area contributed by atoms with E-state index in [-0.39, 0.29) is 18.4 Å². The lowest BCUT2D eigenvalue weighted by Gasteiger charge is -2.37. The zero-order chi connectivity index (χ0) is 20.0. The van der Waals surface area contributed by atoms with E-state index in [4.69, 9.17) is 4.74 Å². The van der Waals surface area contributed by atoms with Crippen LogP contribution in [0.2, 0.25) is 0 Å². The summed E-state index contributed by atoms with van der Waals surface area (Å²) in [6, 6.07) is 24.5. The zero-order valence-corrected chi connectivity index (χ0v) is 15.7. The second-order valence-electron chi connectivity index (χ2n) is 6.96. The van der Waals surface area contributed by atoms with Gasteiger partial charge in [-0.3, -0.25) is 0 Å². The molecular formula is C24H23F3O. The minimum absolute atomic E-state index is 0.0261. The summed E-state index contributed by atoms with van der Waals surface area (Å²) in [6.45, 7) is 0. The van der Waals surface area contributed by atoms with Crippen molar-refractivity contribution in [2.75, 3.05) is 7.11 Å². The molecule has 0 radical (unpaired) electrons. The van der Waals surface area contributed by atoms with E-state index >= 15 is 0 Å². The molecule has 0 aliphatic carbocycles. The Kier molecular flexibility index (Phi) is 6.08. The Labute approximate surface area is 163 Å². The summed E-state index contributed by atoms with van der Waals surface area (Å²) >= 11 is 0. The molecule has 3 rings (SSSR count).